The van der Waals surface area contributed by atoms with Crippen LogP contribution in [0.15, 0.2) is 72.9 Å². The number of nitrogens with one attached hydrogen (secondary N) is 1. The molecule has 5 nitrogen and oxygen atoms in total. The summed E-state index contributed by atoms with van der Waals surface area (Å²) >= 11 is 7.57. The molecule has 3 aromatic carbocycles. The molecule has 0 aliphatic heterocycles. The highest BCUT2D eigenvalue weighted by molar-refractivity contribution is 7.23. The fourth-order valence-electron chi connectivity index (χ4n) is 3.47. The highest BCUT2D eigenvalue weighted by Crippen LogP contribution is 2.30. The van der Waals surface area contributed by atoms with Gasteiger partial charge in [0.2, 0.25) is 0 Å². The van der Waals surface area contributed by atoms with Crippen LogP contribution in [0.3, 0.4) is 0 Å². The SMILES string of the molecule is COc1ccc(-c2cn3c(n2)sc2cc(C(=O)NCc4cccc(Cl)c4)ccc23)cc1. The quantitative estimate of drug-likeness (QED) is 0.370. The Labute approximate surface area is 187 Å². The molecule has 1 amide bonds. The van der Waals surface area contributed by atoms with Crippen LogP contribution in [0.4, 0.5) is 0 Å². The Bertz CT molecular complexity index is 1410. The zero-order valence-electron chi connectivity index (χ0n) is 16.6. The molecule has 0 saturated carbocycles. The van der Waals surface area contributed by atoms with Crippen molar-refractivity contribution in [3.8, 4) is 17.0 Å². The molecular weight excluding hydrogens is 430 g/mol. The van der Waals surface area contributed by atoms with Gasteiger partial charge < -0.3 is 10.1 Å². The molecule has 0 atom stereocenters. The Morgan fingerprint density at radius 2 is 1.97 bits per heavy atom. The van der Waals surface area contributed by atoms with Crippen molar-refractivity contribution in [3.63, 3.8) is 0 Å². The van der Waals surface area contributed by atoms with Crippen molar-refractivity contribution >= 4 is 44.0 Å². The van der Waals surface area contributed by atoms with Crippen molar-refractivity contribution in [2.24, 2.45) is 0 Å². The van der Waals surface area contributed by atoms with Crippen LogP contribution < -0.4 is 10.1 Å². The molecule has 0 aliphatic rings. The van der Waals surface area contributed by atoms with Gasteiger partial charge in [-0.25, -0.2) is 4.98 Å². The number of aromatic nitrogens is 2. The van der Waals surface area contributed by atoms with Crippen LogP contribution in [0.2, 0.25) is 5.02 Å². The molecule has 0 bridgehead atoms. The molecule has 7 heteroatoms. The standard InChI is InChI=1S/C24H18ClN3O2S/c1-30-19-8-5-16(6-9-19)20-14-28-21-10-7-17(12-22(21)31-24(28)27-20)23(29)26-13-15-3-2-4-18(25)11-15/h2-12,14H,13H2,1H3,(H,26,29). The number of rotatable bonds is 5. The lowest BCUT2D eigenvalue weighted by atomic mass is 10.1. The van der Waals surface area contributed by atoms with Crippen LogP contribution in [0.1, 0.15) is 15.9 Å². The summed E-state index contributed by atoms with van der Waals surface area (Å²) in [6, 6.07) is 21.0. The minimum absolute atomic E-state index is 0.119. The third-order valence-corrected chi connectivity index (χ3v) is 6.34. The first-order valence-electron chi connectivity index (χ1n) is 9.69. The third kappa shape index (κ3) is 3.87. The number of carbonyl (C=O) groups excluding carboxylic acids is 1. The van der Waals surface area contributed by atoms with E-state index in [4.69, 9.17) is 21.3 Å². The van der Waals surface area contributed by atoms with Crippen LogP contribution >= 0.6 is 22.9 Å². The van der Waals surface area contributed by atoms with Gasteiger partial charge in [0.1, 0.15) is 5.75 Å². The van der Waals surface area contributed by atoms with Crippen LogP contribution in [0.25, 0.3) is 26.4 Å². The Morgan fingerprint density at radius 3 is 2.74 bits per heavy atom. The fraction of sp³-hybridized carbons (Fsp3) is 0.0833. The monoisotopic (exact) mass is 447 g/mol. The molecule has 154 valence electrons. The van der Waals surface area contributed by atoms with Crippen molar-refractivity contribution < 1.29 is 9.53 Å². The van der Waals surface area contributed by atoms with E-state index in [2.05, 4.69) is 9.72 Å². The second kappa shape index (κ2) is 8.06. The van der Waals surface area contributed by atoms with E-state index in [-0.39, 0.29) is 5.91 Å². The second-order valence-electron chi connectivity index (χ2n) is 7.10. The summed E-state index contributed by atoms with van der Waals surface area (Å²) in [4.78, 5) is 18.3. The first-order chi connectivity index (χ1) is 15.1. The molecule has 0 aliphatic carbocycles. The summed E-state index contributed by atoms with van der Waals surface area (Å²) in [5.74, 6) is 0.697. The molecule has 2 aromatic heterocycles. The zero-order chi connectivity index (χ0) is 21.4. The van der Waals surface area contributed by atoms with Crippen molar-refractivity contribution in [2.75, 3.05) is 7.11 Å². The summed E-state index contributed by atoms with van der Waals surface area (Å²) in [6.45, 7) is 0.427. The summed E-state index contributed by atoms with van der Waals surface area (Å²) in [7, 11) is 1.65. The van der Waals surface area contributed by atoms with Crippen LogP contribution in [0.5, 0.6) is 5.75 Å². The predicted octanol–water partition coefficient (Wildman–Crippen LogP) is 5.81. The molecule has 5 rings (SSSR count). The number of nitrogens with zero attached hydrogens (tertiary/aromatic N) is 2. The number of hydrogen-bond acceptors (Lipinski definition) is 4. The molecular formula is C24H18ClN3O2S. The number of hydrogen-bond donors (Lipinski definition) is 1. The van der Waals surface area contributed by atoms with Gasteiger partial charge in [-0.1, -0.05) is 35.1 Å². The smallest absolute Gasteiger partial charge is 0.251 e. The van der Waals surface area contributed by atoms with Gasteiger partial charge in [0.15, 0.2) is 4.96 Å². The summed E-state index contributed by atoms with van der Waals surface area (Å²) in [6.07, 6.45) is 2.02. The number of benzene rings is 3. The van der Waals surface area contributed by atoms with Gasteiger partial charge in [0.25, 0.3) is 5.91 Å². The lowest BCUT2D eigenvalue weighted by Crippen LogP contribution is -2.22. The number of halogens is 1. The van der Waals surface area contributed by atoms with Crippen LogP contribution in [-0.2, 0) is 6.54 Å². The predicted molar refractivity (Wildman–Crippen MR) is 125 cm³/mol. The molecule has 0 radical (unpaired) electrons. The Balaban J connectivity index is 1.39. The van der Waals surface area contributed by atoms with E-state index >= 15 is 0 Å². The minimum atomic E-state index is -0.119. The molecule has 0 fully saturated rings. The first kappa shape index (κ1) is 19.6. The zero-order valence-corrected chi connectivity index (χ0v) is 18.2. The lowest BCUT2D eigenvalue weighted by molar-refractivity contribution is 0.0951. The minimum Gasteiger partial charge on any atom is -0.497 e. The summed E-state index contributed by atoms with van der Waals surface area (Å²) in [5, 5.41) is 3.61. The number of carbonyl (C=O) groups is 1. The van der Waals surface area contributed by atoms with E-state index < -0.39 is 0 Å². The number of imidazole rings is 1. The molecule has 31 heavy (non-hydrogen) atoms. The average molecular weight is 448 g/mol. The molecule has 0 spiro atoms. The van der Waals surface area contributed by atoms with Crippen molar-refractivity contribution in [2.45, 2.75) is 6.54 Å². The van der Waals surface area contributed by atoms with Crippen LogP contribution in [0, 0.1) is 0 Å². The topological polar surface area (TPSA) is 55.6 Å². The van der Waals surface area contributed by atoms with E-state index in [0.717, 1.165) is 37.7 Å². The van der Waals surface area contributed by atoms with Crippen molar-refractivity contribution in [1.82, 2.24) is 14.7 Å². The molecule has 1 N–H and O–H groups in total. The number of ether oxygens (including phenoxy) is 1. The Morgan fingerprint density at radius 1 is 1.13 bits per heavy atom. The lowest BCUT2D eigenvalue weighted by Gasteiger charge is -2.06. The van der Waals surface area contributed by atoms with E-state index in [1.54, 1.807) is 18.4 Å². The van der Waals surface area contributed by atoms with Crippen LogP contribution in [-0.4, -0.2) is 22.4 Å². The first-order valence-corrected chi connectivity index (χ1v) is 10.9. The normalized spacial score (nSPS) is 11.2. The second-order valence-corrected chi connectivity index (χ2v) is 8.55. The van der Waals surface area contributed by atoms with E-state index in [9.17, 15) is 4.79 Å². The van der Waals surface area contributed by atoms with E-state index in [1.165, 1.54) is 0 Å². The number of methoxy groups -OCH3 is 1. The molecule has 0 saturated heterocycles. The van der Waals surface area contributed by atoms with Gasteiger partial charge >= 0.3 is 0 Å². The van der Waals surface area contributed by atoms with Gasteiger partial charge in [-0.05, 0) is 60.2 Å². The third-order valence-electron chi connectivity index (χ3n) is 5.08. The number of fused-ring (bicyclic) bond motifs is 3. The maximum atomic E-state index is 12.6. The Kier molecular flexibility index (Phi) is 5.10. The molecule has 2 heterocycles. The maximum Gasteiger partial charge on any atom is 0.251 e. The summed E-state index contributed by atoms with van der Waals surface area (Å²) < 4.78 is 8.30. The highest BCUT2D eigenvalue weighted by Gasteiger charge is 2.13. The van der Waals surface area contributed by atoms with Gasteiger partial charge in [-0.3, -0.25) is 9.20 Å². The fourth-order valence-corrected chi connectivity index (χ4v) is 4.73. The van der Waals surface area contributed by atoms with E-state index in [0.29, 0.717) is 17.1 Å². The number of amides is 1. The summed E-state index contributed by atoms with van der Waals surface area (Å²) in [5.41, 5.74) is 4.54. The average Bonchev–Trinajstić information content (AvgIpc) is 3.35. The van der Waals surface area contributed by atoms with E-state index in [1.807, 2.05) is 72.9 Å². The molecule has 0 unspecified atom stereocenters. The van der Waals surface area contributed by atoms with Gasteiger partial charge in [-0.15, -0.1) is 0 Å². The van der Waals surface area contributed by atoms with Gasteiger partial charge in [0.05, 0.1) is 23.0 Å². The van der Waals surface area contributed by atoms with Crippen molar-refractivity contribution in [3.05, 3.63) is 89.1 Å². The largest absolute Gasteiger partial charge is 0.497 e. The highest BCUT2D eigenvalue weighted by atomic mass is 35.5. The van der Waals surface area contributed by atoms with Gasteiger partial charge in [-0.2, -0.15) is 0 Å². The molecule has 5 aromatic rings. The van der Waals surface area contributed by atoms with Crippen molar-refractivity contribution in [1.29, 1.82) is 0 Å². The van der Waals surface area contributed by atoms with Gasteiger partial charge in [0, 0.05) is 28.9 Å². The Hall–Kier alpha value is -3.35. The maximum absolute atomic E-state index is 12.6. The number of thiazole rings is 1.